The predicted octanol–water partition coefficient (Wildman–Crippen LogP) is 5.87. The van der Waals surface area contributed by atoms with E-state index in [-0.39, 0.29) is 0 Å². The summed E-state index contributed by atoms with van der Waals surface area (Å²) < 4.78 is 0. The lowest BCUT2D eigenvalue weighted by molar-refractivity contribution is 0.406. The minimum atomic E-state index is 0.399. The number of allylic oxidation sites excluding steroid dienone is 2. The van der Waals surface area contributed by atoms with Gasteiger partial charge >= 0.3 is 0 Å². The lowest BCUT2D eigenvalue weighted by Crippen LogP contribution is -2.27. The highest BCUT2D eigenvalue weighted by Gasteiger charge is 2.43. The maximum absolute atomic E-state index is 2.42. The summed E-state index contributed by atoms with van der Waals surface area (Å²) in [6, 6.07) is 9.27. The molecule has 0 aliphatic heterocycles. The Balaban J connectivity index is 2.18. The van der Waals surface area contributed by atoms with E-state index in [0.717, 1.165) is 0 Å². The quantitative estimate of drug-likeness (QED) is 0.630. The van der Waals surface area contributed by atoms with Crippen LogP contribution >= 0.6 is 0 Å². The summed E-state index contributed by atoms with van der Waals surface area (Å²) in [6.07, 6.45) is 10.7. The number of benzene rings is 1. The molecule has 0 bridgehead atoms. The van der Waals surface area contributed by atoms with Gasteiger partial charge in [-0.15, -0.1) is 0 Å². The fraction of sp³-hybridized carbons (Fsp3) is 0.579. The molecular weight excluding hydrogens is 228 g/mol. The van der Waals surface area contributed by atoms with Crippen molar-refractivity contribution in [1.29, 1.82) is 0 Å². The van der Waals surface area contributed by atoms with Gasteiger partial charge in [-0.25, -0.2) is 0 Å². The zero-order valence-electron chi connectivity index (χ0n) is 12.5. The molecule has 0 spiro atoms. The van der Waals surface area contributed by atoms with Gasteiger partial charge in [-0.2, -0.15) is 0 Å². The van der Waals surface area contributed by atoms with Crippen molar-refractivity contribution in [2.45, 2.75) is 70.6 Å². The largest absolute Gasteiger partial charge is 0.0653 e. The van der Waals surface area contributed by atoms with Gasteiger partial charge in [0, 0.05) is 5.41 Å². The minimum Gasteiger partial charge on any atom is -0.0653 e. The first kappa shape index (κ1) is 13.0. The summed E-state index contributed by atoms with van der Waals surface area (Å²) in [4.78, 5) is 0. The Labute approximate surface area is 117 Å². The van der Waals surface area contributed by atoms with Crippen LogP contribution < -0.4 is 0 Å². The second-order valence-corrected chi connectivity index (χ2v) is 6.29. The molecule has 2 aliphatic rings. The van der Waals surface area contributed by atoms with Crippen molar-refractivity contribution in [2.75, 3.05) is 0 Å². The smallest absolute Gasteiger partial charge is 0.0173 e. The Kier molecular flexibility index (Phi) is 3.52. The predicted molar refractivity (Wildman–Crippen MR) is 83.3 cm³/mol. The van der Waals surface area contributed by atoms with Crippen LogP contribution in [-0.4, -0.2) is 0 Å². The average Bonchev–Trinajstić information content (AvgIpc) is 2.72. The van der Waals surface area contributed by atoms with Crippen molar-refractivity contribution in [1.82, 2.24) is 0 Å². The summed E-state index contributed by atoms with van der Waals surface area (Å²) in [7, 11) is 0. The van der Waals surface area contributed by atoms with Crippen molar-refractivity contribution < 1.29 is 0 Å². The van der Waals surface area contributed by atoms with E-state index in [1.165, 1.54) is 51.4 Å². The first-order chi connectivity index (χ1) is 9.33. The number of fused-ring (bicyclic) bond motifs is 2. The molecule has 0 amide bonds. The monoisotopic (exact) mass is 254 g/mol. The van der Waals surface area contributed by atoms with Crippen LogP contribution in [-0.2, 0) is 5.41 Å². The third-order valence-electron chi connectivity index (χ3n) is 5.17. The highest BCUT2D eigenvalue weighted by molar-refractivity contribution is 5.81. The van der Waals surface area contributed by atoms with Gasteiger partial charge in [-0.05, 0) is 55.2 Å². The molecule has 0 atom stereocenters. The molecule has 0 saturated carbocycles. The Hall–Kier alpha value is -1.04. The zero-order valence-corrected chi connectivity index (χ0v) is 12.5. The van der Waals surface area contributed by atoms with E-state index in [4.69, 9.17) is 0 Å². The van der Waals surface area contributed by atoms with Crippen molar-refractivity contribution >= 4 is 5.57 Å². The molecule has 1 aromatic carbocycles. The lowest BCUT2D eigenvalue weighted by atomic mass is 9.68. The molecule has 0 heteroatoms. The fourth-order valence-electron chi connectivity index (χ4n) is 4.61. The van der Waals surface area contributed by atoms with Crippen molar-refractivity contribution in [3.05, 3.63) is 41.0 Å². The molecule has 0 saturated heterocycles. The van der Waals surface area contributed by atoms with Gasteiger partial charge in [0.25, 0.3) is 0 Å². The Morgan fingerprint density at radius 3 is 2.37 bits per heavy atom. The first-order valence-corrected chi connectivity index (χ1v) is 8.16. The van der Waals surface area contributed by atoms with Crippen LogP contribution in [0, 0.1) is 0 Å². The molecule has 102 valence electrons. The van der Waals surface area contributed by atoms with Crippen LogP contribution in [0.1, 0.15) is 76.3 Å². The van der Waals surface area contributed by atoms with Crippen LogP contribution in [0.5, 0.6) is 0 Å². The van der Waals surface area contributed by atoms with E-state index in [2.05, 4.69) is 38.1 Å². The highest BCUT2D eigenvalue weighted by Crippen LogP contribution is 2.56. The molecule has 0 radical (unpaired) electrons. The standard InChI is InChI=1S/C19H26/c1-3-13-19(14-4-2)17-11-7-5-9-15(17)16-10-6-8-12-18(16)19/h5,7,9,11H,3-4,6,8,10,12-14H2,1-2H3. The molecule has 0 N–H and O–H groups in total. The van der Waals surface area contributed by atoms with Crippen LogP contribution in [0.15, 0.2) is 29.8 Å². The molecule has 0 heterocycles. The molecule has 0 unspecified atom stereocenters. The van der Waals surface area contributed by atoms with E-state index in [1.54, 1.807) is 16.7 Å². The Morgan fingerprint density at radius 2 is 1.63 bits per heavy atom. The summed E-state index contributed by atoms with van der Waals surface area (Å²) in [5.74, 6) is 0. The van der Waals surface area contributed by atoms with Crippen LogP contribution in [0.3, 0.4) is 0 Å². The summed E-state index contributed by atoms with van der Waals surface area (Å²) in [5.41, 5.74) is 7.20. The third kappa shape index (κ3) is 1.88. The van der Waals surface area contributed by atoms with Gasteiger partial charge < -0.3 is 0 Å². The fourth-order valence-corrected chi connectivity index (χ4v) is 4.61. The summed E-state index contributed by atoms with van der Waals surface area (Å²) >= 11 is 0. The van der Waals surface area contributed by atoms with E-state index in [0.29, 0.717) is 5.41 Å². The highest BCUT2D eigenvalue weighted by atomic mass is 14.5. The molecule has 0 aromatic heterocycles. The number of hydrogen-bond acceptors (Lipinski definition) is 0. The van der Waals surface area contributed by atoms with Crippen molar-refractivity contribution in [2.24, 2.45) is 0 Å². The van der Waals surface area contributed by atoms with Crippen LogP contribution in [0.4, 0.5) is 0 Å². The van der Waals surface area contributed by atoms with Gasteiger partial charge in [-0.1, -0.05) is 56.5 Å². The van der Waals surface area contributed by atoms with Gasteiger partial charge in [0.2, 0.25) is 0 Å². The van der Waals surface area contributed by atoms with Gasteiger partial charge in [0.15, 0.2) is 0 Å². The van der Waals surface area contributed by atoms with Gasteiger partial charge in [0.1, 0.15) is 0 Å². The van der Waals surface area contributed by atoms with E-state index in [9.17, 15) is 0 Å². The zero-order chi connectivity index (χ0) is 13.3. The van der Waals surface area contributed by atoms with Crippen LogP contribution in [0.25, 0.3) is 5.57 Å². The van der Waals surface area contributed by atoms with E-state index >= 15 is 0 Å². The maximum Gasteiger partial charge on any atom is 0.0173 e. The lowest BCUT2D eigenvalue weighted by Gasteiger charge is -2.35. The normalized spacial score (nSPS) is 20.3. The number of hydrogen-bond donors (Lipinski definition) is 0. The maximum atomic E-state index is 2.42. The molecule has 1 aromatic rings. The Bertz CT molecular complexity index is 487. The van der Waals surface area contributed by atoms with Crippen LogP contribution in [0.2, 0.25) is 0 Å². The third-order valence-corrected chi connectivity index (χ3v) is 5.17. The molecule has 0 nitrogen and oxygen atoms in total. The second-order valence-electron chi connectivity index (χ2n) is 6.29. The summed E-state index contributed by atoms with van der Waals surface area (Å²) in [5, 5.41) is 0. The van der Waals surface area contributed by atoms with E-state index < -0.39 is 0 Å². The molecule has 3 rings (SSSR count). The molecule has 0 fully saturated rings. The van der Waals surface area contributed by atoms with Gasteiger partial charge in [0.05, 0.1) is 0 Å². The average molecular weight is 254 g/mol. The topological polar surface area (TPSA) is 0 Å². The summed E-state index contributed by atoms with van der Waals surface area (Å²) in [6.45, 7) is 4.70. The SMILES string of the molecule is CCCC1(CCC)C2=C(CCCC2)c2ccccc21. The van der Waals surface area contributed by atoms with E-state index in [1.807, 2.05) is 5.57 Å². The van der Waals surface area contributed by atoms with Gasteiger partial charge in [-0.3, -0.25) is 0 Å². The van der Waals surface area contributed by atoms with Crippen molar-refractivity contribution in [3.8, 4) is 0 Å². The Morgan fingerprint density at radius 1 is 0.947 bits per heavy atom. The molecule has 2 aliphatic carbocycles. The second kappa shape index (κ2) is 5.15. The number of rotatable bonds is 4. The molecule has 19 heavy (non-hydrogen) atoms. The first-order valence-electron chi connectivity index (χ1n) is 8.16. The van der Waals surface area contributed by atoms with Crippen molar-refractivity contribution in [3.63, 3.8) is 0 Å². The molecular formula is C19H26. The minimum absolute atomic E-state index is 0.399.